The van der Waals surface area contributed by atoms with Crippen LogP contribution in [0, 0.1) is 11.6 Å². The van der Waals surface area contributed by atoms with Crippen molar-refractivity contribution in [3.63, 3.8) is 0 Å². The number of fused-ring (bicyclic) bond motifs is 3. The number of halogens is 2. The van der Waals surface area contributed by atoms with Gasteiger partial charge in [0.2, 0.25) is 0 Å². The minimum absolute atomic E-state index is 0.233. The van der Waals surface area contributed by atoms with E-state index in [1.807, 2.05) is 30.3 Å². The molecule has 0 N–H and O–H groups in total. The molecule has 4 rings (SSSR count). The average molecular weight is 344 g/mol. The van der Waals surface area contributed by atoms with Crippen molar-refractivity contribution in [3.8, 4) is 11.5 Å². The molecule has 0 bridgehead atoms. The molecular formula is C19H14F2O2S. The molecule has 1 atom stereocenters. The van der Waals surface area contributed by atoms with E-state index >= 15 is 0 Å². The van der Waals surface area contributed by atoms with Crippen LogP contribution in [0.4, 0.5) is 8.78 Å². The van der Waals surface area contributed by atoms with Gasteiger partial charge in [0.05, 0.1) is 7.11 Å². The molecule has 0 aliphatic carbocycles. The van der Waals surface area contributed by atoms with E-state index in [2.05, 4.69) is 0 Å². The molecule has 122 valence electrons. The molecule has 24 heavy (non-hydrogen) atoms. The first-order valence-corrected chi connectivity index (χ1v) is 8.53. The van der Waals surface area contributed by atoms with Crippen LogP contribution in [0.2, 0.25) is 0 Å². The Morgan fingerprint density at radius 2 is 1.92 bits per heavy atom. The van der Waals surface area contributed by atoms with Crippen LogP contribution in [-0.4, -0.2) is 7.11 Å². The summed E-state index contributed by atoms with van der Waals surface area (Å²) in [5.41, 5.74) is 0.720. The van der Waals surface area contributed by atoms with Gasteiger partial charge in [-0.1, -0.05) is 12.1 Å². The van der Waals surface area contributed by atoms with Gasteiger partial charge in [0, 0.05) is 16.9 Å². The number of benzene rings is 3. The van der Waals surface area contributed by atoms with Gasteiger partial charge in [-0.3, -0.25) is 0 Å². The summed E-state index contributed by atoms with van der Waals surface area (Å²) in [5, 5.41) is 2.15. The van der Waals surface area contributed by atoms with E-state index in [1.165, 1.54) is 17.8 Å². The van der Waals surface area contributed by atoms with Crippen LogP contribution in [0.1, 0.15) is 16.6 Å². The molecule has 0 radical (unpaired) electrons. The maximum Gasteiger partial charge on any atom is 0.173 e. The summed E-state index contributed by atoms with van der Waals surface area (Å²) in [5.74, 6) is 1.20. The number of rotatable bonds is 2. The Hall–Kier alpha value is -2.27. The van der Waals surface area contributed by atoms with Crippen molar-refractivity contribution in [2.75, 3.05) is 7.11 Å². The lowest BCUT2D eigenvalue weighted by Gasteiger charge is -2.27. The van der Waals surface area contributed by atoms with Gasteiger partial charge in [-0.25, -0.2) is 8.78 Å². The molecular weight excluding hydrogens is 330 g/mol. The normalized spacial score (nSPS) is 16.5. The molecule has 0 fully saturated rings. The van der Waals surface area contributed by atoms with E-state index in [-0.39, 0.29) is 5.56 Å². The van der Waals surface area contributed by atoms with Crippen LogP contribution in [0.15, 0.2) is 48.5 Å². The second-order valence-electron chi connectivity index (χ2n) is 5.56. The zero-order valence-corrected chi connectivity index (χ0v) is 13.7. The molecule has 2 nitrogen and oxygen atoms in total. The third-order valence-corrected chi connectivity index (χ3v) is 5.23. The quantitative estimate of drug-likeness (QED) is 0.616. The first-order valence-electron chi connectivity index (χ1n) is 7.48. The van der Waals surface area contributed by atoms with Gasteiger partial charge in [-0.15, -0.1) is 11.8 Å². The second kappa shape index (κ2) is 5.98. The summed E-state index contributed by atoms with van der Waals surface area (Å²) in [6.07, 6.45) is 0. The SMILES string of the molecule is COc1ccc2ccc3c(c2c1)CSC(c1cc(F)ccc1F)O3. The summed E-state index contributed by atoms with van der Waals surface area (Å²) in [6.45, 7) is 0. The molecule has 3 aromatic rings. The van der Waals surface area contributed by atoms with E-state index in [0.717, 1.165) is 34.2 Å². The smallest absolute Gasteiger partial charge is 0.173 e. The highest BCUT2D eigenvalue weighted by molar-refractivity contribution is 7.98. The van der Waals surface area contributed by atoms with Crippen molar-refractivity contribution in [1.29, 1.82) is 0 Å². The van der Waals surface area contributed by atoms with Gasteiger partial charge in [0.15, 0.2) is 5.44 Å². The van der Waals surface area contributed by atoms with Gasteiger partial charge < -0.3 is 9.47 Å². The Morgan fingerprint density at radius 3 is 2.75 bits per heavy atom. The Kier molecular flexibility index (Phi) is 3.81. The van der Waals surface area contributed by atoms with Crippen molar-refractivity contribution in [1.82, 2.24) is 0 Å². The highest BCUT2D eigenvalue weighted by Crippen LogP contribution is 2.45. The number of hydrogen-bond donors (Lipinski definition) is 0. The minimum Gasteiger partial charge on any atom is -0.497 e. The zero-order chi connectivity index (χ0) is 16.7. The van der Waals surface area contributed by atoms with Crippen LogP contribution in [0.3, 0.4) is 0 Å². The van der Waals surface area contributed by atoms with Gasteiger partial charge >= 0.3 is 0 Å². The fourth-order valence-electron chi connectivity index (χ4n) is 2.88. The molecule has 1 heterocycles. The van der Waals surface area contributed by atoms with Crippen molar-refractivity contribution >= 4 is 22.5 Å². The van der Waals surface area contributed by atoms with Crippen molar-refractivity contribution < 1.29 is 18.3 Å². The first-order chi connectivity index (χ1) is 11.7. The minimum atomic E-state index is -0.559. The van der Waals surface area contributed by atoms with E-state index < -0.39 is 17.1 Å². The van der Waals surface area contributed by atoms with Gasteiger partial charge in [-0.2, -0.15) is 0 Å². The monoisotopic (exact) mass is 344 g/mol. The van der Waals surface area contributed by atoms with Gasteiger partial charge in [0.25, 0.3) is 0 Å². The lowest BCUT2D eigenvalue weighted by atomic mass is 10.0. The second-order valence-corrected chi connectivity index (χ2v) is 6.61. The van der Waals surface area contributed by atoms with Crippen molar-refractivity contribution in [3.05, 3.63) is 71.3 Å². The summed E-state index contributed by atoms with van der Waals surface area (Å²) < 4.78 is 38.7. The van der Waals surface area contributed by atoms with Crippen LogP contribution in [0.25, 0.3) is 10.8 Å². The van der Waals surface area contributed by atoms with Crippen LogP contribution in [0.5, 0.6) is 11.5 Å². The average Bonchev–Trinajstić information content (AvgIpc) is 2.62. The number of thioether (sulfide) groups is 1. The maximum atomic E-state index is 14.0. The van der Waals surface area contributed by atoms with Crippen molar-refractivity contribution in [2.45, 2.75) is 11.2 Å². The molecule has 5 heteroatoms. The van der Waals surface area contributed by atoms with E-state index in [9.17, 15) is 8.78 Å². The van der Waals surface area contributed by atoms with Gasteiger partial charge in [0.1, 0.15) is 23.1 Å². The molecule has 0 saturated carbocycles. The highest BCUT2D eigenvalue weighted by atomic mass is 32.2. The fraction of sp³-hybridized carbons (Fsp3) is 0.158. The van der Waals surface area contributed by atoms with E-state index in [4.69, 9.17) is 9.47 Å². The lowest BCUT2D eigenvalue weighted by molar-refractivity contribution is 0.281. The van der Waals surface area contributed by atoms with Gasteiger partial charge in [-0.05, 0) is 47.2 Å². The molecule has 0 spiro atoms. The van der Waals surface area contributed by atoms with Crippen LogP contribution in [-0.2, 0) is 5.75 Å². The Bertz CT molecular complexity index is 927. The molecule has 1 aliphatic rings. The van der Waals surface area contributed by atoms with E-state index in [1.54, 1.807) is 7.11 Å². The topological polar surface area (TPSA) is 18.5 Å². The summed E-state index contributed by atoms with van der Waals surface area (Å²) in [6, 6.07) is 13.2. The number of ether oxygens (including phenoxy) is 2. The Morgan fingerprint density at radius 1 is 1.08 bits per heavy atom. The Balaban J connectivity index is 1.75. The van der Waals surface area contributed by atoms with Crippen molar-refractivity contribution in [2.24, 2.45) is 0 Å². The molecule has 1 unspecified atom stereocenters. The largest absolute Gasteiger partial charge is 0.497 e. The fourth-order valence-corrected chi connectivity index (χ4v) is 4.03. The predicted molar refractivity (Wildman–Crippen MR) is 91.5 cm³/mol. The molecule has 3 aromatic carbocycles. The predicted octanol–water partition coefficient (Wildman–Crippen LogP) is 5.45. The first kappa shape index (κ1) is 15.3. The number of methoxy groups -OCH3 is 1. The maximum absolute atomic E-state index is 14.0. The summed E-state index contributed by atoms with van der Waals surface area (Å²) in [4.78, 5) is 0. The number of hydrogen-bond acceptors (Lipinski definition) is 3. The third-order valence-electron chi connectivity index (χ3n) is 4.12. The lowest BCUT2D eigenvalue weighted by Crippen LogP contribution is -2.12. The molecule has 1 aliphatic heterocycles. The van der Waals surface area contributed by atoms with E-state index in [0.29, 0.717) is 11.5 Å². The van der Waals surface area contributed by atoms with Crippen LogP contribution < -0.4 is 9.47 Å². The zero-order valence-electron chi connectivity index (χ0n) is 12.9. The molecule has 0 aromatic heterocycles. The van der Waals surface area contributed by atoms with Crippen LogP contribution >= 0.6 is 11.8 Å². The standard InChI is InChI=1S/C19H14F2O2S/c1-22-13-5-2-11-3-7-18-16(14(11)9-13)10-24-19(23-18)15-8-12(20)4-6-17(15)21/h2-9,19H,10H2,1H3. The Labute approximate surface area is 142 Å². The third kappa shape index (κ3) is 2.59. The summed E-state index contributed by atoms with van der Waals surface area (Å²) >= 11 is 1.44. The summed E-state index contributed by atoms with van der Waals surface area (Å²) in [7, 11) is 1.63. The molecule has 0 saturated heterocycles. The highest BCUT2D eigenvalue weighted by Gasteiger charge is 2.26. The molecule has 0 amide bonds.